The molecular weight excluding hydrogens is 236 g/mol. The molecule has 0 bridgehead atoms. The number of aryl methyl sites for hydroxylation is 1. The summed E-state index contributed by atoms with van der Waals surface area (Å²) >= 11 is 7.14. The zero-order valence-corrected chi connectivity index (χ0v) is 9.15. The van der Waals surface area contributed by atoms with Crippen LogP contribution in [0.15, 0.2) is 22.7 Å². The van der Waals surface area contributed by atoms with Gasteiger partial charge in [0.15, 0.2) is 0 Å². The molecule has 0 N–H and O–H groups in total. The predicted octanol–water partition coefficient (Wildman–Crippen LogP) is 3.08. The fourth-order valence-electron chi connectivity index (χ4n) is 1.06. The van der Waals surface area contributed by atoms with Crippen LogP contribution in [0, 0.1) is 0 Å². The summed E-state index contributed by atoms with van der Waals surface area (Å²) in [5.41, 5.74) is 1.73. The van der Waals surface area contributed by atoms with Gasteiger partial charge in [-0.3, -0.25) is 4.79 Å². The summed E-state index contributed by atoms with van der Waals surface area (Å²) < 4.78 is 0.998. The van der Waals surface area contributed by atoms with Crippen molar-refractivity contribution in [3.8, 4) is 0 Å². The van der Waals surface area contributed by atoms with Gasteiger partial charge in [-0.05, 0) is 30.2 Å². The highest BCUT2D eigenvalue weighted by atomic mass is 79.9. The number of halogens is 1. The number of benzene rings is 1. The highest BCUT2D eigenvalue weighted by Crippen LogP contribution is 2.18. The van der Waals surface area contributed by atoms with Crippen molar-refractivity contribution in [2.75, 3.05) is 0 Å². The molecule has 0 heterocycles. The Kier molecular flexibility index (Phi) is 3.35. The molecule has 3 heteroatoms. The van der Waals surface area contributed by atoms with Crippen molar-refractivity contribution in [3.05, 3.63) is 33.8 Å². The number of hydrogen-bond donors (Lipinski definition) is 1. The van der Waals surface area contributed by atoms with E-state index in [0.717, 1.165) is 16.5 Å². The third kappa shape index (κ3) is 2.11. The fourth-order valence-corrected chi connectivity index (χ4v) is 1.69. The van der Waals surface area contributed by atoms with E-state index < -0.39 is 0 Å². The Balaban J connectivity index is 3.20. The number of carbonyl (C=O) groups excluding carboxylic acids is 1. The van der Waals surface area contributed by atoms with Crippen LogP contribution in [-0.2, 0) is 6.42 Å². The third-order valence-electron chi connectivity index (χ3n) is 1.68. The Bertz CT molecular complexity index is 309. The molecule has 0 aliphatic heterocycles. The SMILES string of the molecule is CCc1cc(Br)ccc1C(=O)S. The Morgan fingerprint density at radius 3 is 2.75 bits per heavy atom. The summed E-state index contributed by atoms with van der Waals surface area (Å²) in [6.07, 6.45) is 0.848. The molecule has 0 aliphatic rings. The van der Waals surface area contributed by atoms with Crippen molar-refractivity contribution in [1.82, 2.24) is 0 Å². The van der Waals surface area contributed by atoms with Gasteiger partial charge in [0.1, 0.15) is 0 Å². The molecular formula is C9H9BrOS. The number of thiol groups is 1. The van der Waals surface area contributed by atoms with Crippen LogP contribution < -0.4 is 0 Å². The van der Waals surface area contributed by atoms with Crippen LogP contribution >= 0.6 is 28.6 Å². The normalized spacial score (nSPS) is 9.92. The average molecular weight is 245 g/mol. The standard InChI is InChI=1S/C9H9BrOS/c1-2-6-5-7(10)3-4-8(6)9(11)12/h3-5H,2H2,1H3,(H,11,12). The Morgan fingerprint density at radius 1 is 1.58 bits per heavy atom. The largest absolute Gasteiger partial charge is 0.282 e. The van der Waals surface area contributed by atoms with Gasteiger partial charge in [-0.15, -0.1) is 12.6 Å². The minimum atomic E-state index is -0.167. The highest BCUT2D eigenvalue weighted by Gasteiger charge is 2.05. The maximum absolute atomic E-state index is 11.0. The molecule has 0 saturated heterocycles. The van der Waals surface area contributed by atoms with E-state index in [1.165, 1.54) is 0 Å². The quantitative estimate of drug-likeness (QED) is 0.792. The topological polar surface area (TPSA) is 17.1 Å². The van der Waals surface area contributed by atoms with Crippen LogP contribution in [0.5, 0.6) is 0 Å². The molecule has 1 rings (SSSR count). The highest BCUT2D eigenvalue weighted by molar-refractivity contribution is 9.10. The number of carbonyl (C=O) groups is 1. The lowest BCUT2D eigenvalue weighted by Gasteiger charge is -2.03. The van der Waals surface area contributed by atoms with Crippen molar-refractivity contribution in [1.29, 1.82) is 0 Å². The van der Waals surface area contributed by atoms with E-state index in [1.54, 1.807) is 6.07 Å². The zero-order valence-electron chi connectivity index (χ0n) is 6.67. The summed E-state index contributed by atoms with van der Waals surface area (Å²) in [5.74, 6) is 0. The maximum Gasteiger partial charge on any atom is 0.216 e. The van der Waals surface area contributed by atoms with Gasteiger partial charge >= 0.3 is 0 Å². The van der Waals surface area contributed by atoms with Crippen LogP contribution in [0.2, 0.25) is 0 Å². The molecule has 0 fully saturated rings. The lowest BCUT2D eigenvalue weighted by Crippen LogP contribution is -1.95. The average Bonchev–Trinajstić information content (AvgIpc) is 2.03. The van der Waals surface area contributed by atoms with E-state index >= 15 is 0 Å². The maximum atomic E-state index is 11.0. The Morgan fingerprint density at radius 2 is 2.25 bits per heavy atom. The van der Waals surface area contributed by atoms with Crippen LogP contribution in [0.25, 0.3) is 0 Å². The second kappa shape index (κ2) is 4.10. The van der Waals surface area contributed by atoms with E-state index in [-0.39, 0.29) is 5.12 Å². The molecule has 1 nitrogen and oxygen atoms in total. The molecule has 0 unspecified atom stereocenters. The Hall–Kier alpha value is -0.280. The van der Waals surface area contributed by atoms with Crippen molar-refractivity contribution >= 4 is 33.7 Å². The van der Waals surface area contributed by atoms with Crippen LogP contribution in [0.3, 0.4) is 0 Å². The first-order valence-electron chi connectivity index (χ1n) is 3.67. The second-order valence-corrected chi connectivity index (χ2v) is 3.78. The number of hydrogen-bond acceptors (Lipinski definition) is 1. The monoisotopic (exact) mass is 244 g/mol. The predicted molar refractivity (Wildman–Crippen MR) is 56.8 cm³/mol. The second-order valence-electron chi connectivity index (χ2n) is 2.46. The molecule has 1 aromatic carbocycles. The van der Waals surface area contributed by atoms with Crippen molar-refractivity contribution in [2.45, 2.75) is 13.3 Å². The zero-order chi connectivity index (χ0) is 9.14. The van der Waals surface area contributed by atoms with Crippen molar-refractivity contribution in [3.63, 3.8) is 0 Å². The molecule has 0 aliphatic carbocycles. The van der Waals surface area contributed by atoms with Gasteiger partial charge in [0.25, 0.3) is 0 Å². The molecule has 0 atom stereocenters. The van der Waals surface area contributed by atoms with Gasteiger partial charge in [-0.1, -0.05) is 22.9 Å². The van der Waals surface area contributed by atoms with Gasteiger partial charge in [0, 0.05) is 10.0 Å². The molecule has 12 heavy (non-hydrogen) atoms. The first-order chi connectivity index (χ1) is 5.65. The summed E-state index contributed by atoms with van der Waals surface area (Å²) in [5, 5.41) is -0.167. The van der Waals surface area contributed by atoms with Crippen molar-refractivity contribution < 1.29 is 4.79 Å². The van der Waals surface area contributed by atoms with E-state index in [4.69, 9.17) is 0 Å². The molecule has 1 aromatic rings. The summed E-state index contributed by atoms with van der Waals surface area (Å²) in [6, 6.07) is 5.59. The van der Waals surface area contributed by atoms with Crippen LogP contribution in [0.4, 0.5) is 0 Å². The van der Waals surface area contributed by atoms with Crippen LogP contribution in [-0.4, -0.2) is 5.12 Å². The molecule has 0 amide bonds. The lowest BCUT2D eigenvalue weighted by molar-refractivity contribution is 0.109. The molecule has 0 aromatic heterocycles. The summed E-state index contributed by atoms with van der Waals surface area (Å²) in [6.45, 7) is 2.02. The van der Waals surface area contributed by atoms with E-state index in [0.29, 0.717) is 5.56 Å². The molecule has 0 saturated carbocycles. The number of rotatable bonds is 2. The van der Waals surface area contributed by atoms with Gasteiger partial charge in [-0.2, -0.15) is 0 Å². The van der Waals surface area contributed by atoms with Gasteiger partial charge in [0.2, 0.25) is 5.12 Å². The molecule has 0 radical (unpaired) electrons. The van der Waals surface area contributed by atoms with Gasteiger partial charge in [0.05, 0.1) is 0 Å². The minimum absolute atomic E-state index is 0.167. The smallest absolute Gasteiger partial charge is 0.216 e. The van der Waals surface area contributed by atoms with E-state index in [9.17, 15) is 4.79 Å². The van der Waals surface area contributed by atoms with E-state index in [1.807, 2.05) is 19.1 Å². The summed E-state index contributed by atoms with van der Waals surface area (Å²) in [7, 11) is 0. The van der Waals surface area contributed by atoms with Gasteiger partial charge < -0.3 is 0 Å². The fraction of sp³-hybridized carbons (Fsp3) is 0.222. The molecule has 0 spiro atoms. The Labute approximate surface area is 85.7 Å². The minimum Gasteiger partial charge on any atom is -0.282 e. The first kappa shape index (κ1) is 9.81. The van der Waals surface area contributed by atoms with Crippen LogP contribution in [0.1, 0.15) is 22.8 Å². The summed E-state index contributed by atoms with van der Waals surface area (Å²) in [4.78, 5) is 11.0. The lowest BCUT2D eigenvalue weighted by atomic mass is 10.1. The van der Waals surface area contributed by atoms with Gasteiger partial charge in [-0.25, -0.2) is 0 Å². The third-order valence-corrected chi connectivity index (χ3v) is 2.41. The first-order valence-corrected chi connectivity index (χ1v) is 4.91. The van der Waals surface area contributed by atoms with Crippen molar-refractivity contribution in [2.24, 2.45) is 0 Å². The molecule has 64 valence electrons. The van der Waals surface area contributed by atoms with E-state index in [2.05, 4.69) is 28.6 Å².